The maximum absolute atomic E-state index is 11.1. The second-order valence-electron chi connectivity index (χ2n) is 4.58. The monoisotopic (exact) mass is 299 g/mol. The van der Waals surface area contributed by atoms with Gasteiger partial charge in [0.1, 0.15) is 10.8 Å². The molecule has 21 heavy (non-hydrogen) atoms. The van der Waals surface area contributed by atoms with Gasteiger partial charge in [0.2, 0.25) is 0 Å². The summed E-state index contributed by atoms with van der Waals surface area (Å²) in [5.74, 6) is 0.505. The second-order valence-corrected chi connectivity index (χ2v) is 5.48. The van der Waals surface area contributed by atoms with Crippen molar-refractivity contribution in [2.75, 3.05) is 0 Å². The van der Waals surface area contributed by atoms with Crippen LogP contribution in [0, 0.1) is 0 Å². The molecule has 2 aromatic heterocycles. The lowest BCUT2D eigenvalue weighted by Gasteiger charge is -2.30. The molecule has 0 fully saturated rings. The van der Waals surface area contributed by atoms with Gasteiger partial charge in [-0.05, 0) is 18.2 Å². The molecular formula is C14H13N5OS. The van der Waals surface area contributed by atoms with E-state index in [4.69, 9.17) is 5.73 Å². The molecule has 0 radical (unpaired) electrons. The molecule has 0 aromatic carbocycles. The van der Waals surface area contributed by atoms with Crippen molar-refractivity contribution < 1.29 is 4.79 Å². The van der Waals surface area contributed by atoms with E-state index in [9.17, 15) is 4.79 Å². The Bertz CT molecular complexity index is 695. The van der Waals surface area contributed by atoms with E-state index in [1.807, 2.05) is 29.7 Å². The third kappa shape index (κ3) is 2.55. The summed E-state index contributed by atoms with van der Waals surface area (Å²) < 4.78 is 0. The number of hydrogen-bond donors (Lipinski definition) is 2. The predicted molar refractivity (Wildman–Crippen MR) is 81.0 cm³/mol. The smallest absolute Gasteiger partial charge is 0.317 e. The van der Waals surface area contributed by atoms with Gasteiger partial charge in [-0.15, -0.1) is 11.3 Å². The van der Waals surface area contributed by atoms with Crippen molar-refractivity contribution >= 4 is 23.2 Å². The van der Waals surface area contributed by atoms with Gasteiger partial charge in [0.05, 0.1) is 11.1 Å². The summed E-state index contributed by atoms with van der Waals surface area (Å²) in [4.78, 5) is 24.1. The number of hydrogen-bond acceptors (Lipinski definition) is 5. The minimum absolute atomic E-state index is 0.455. The molecule has 6 nitrogen and oxygen atoms in total. The van der Waals surface area contributed by atoms with Crippen molar-refractivity contribution in [3.8, 4) is 0 Å². The molecule has 3 heterocycles. The Morgan fingerprint density at radius 2 is 2.24 bits per heavy atom. The summed E-state index contributed by atoms with van der Waals surface area (Å²) in [5, 5.41) is 5.37. The number of carbonyl (C=O) groups is 1. The van der Waals surface area contributed by atoms with Crippen LogP contribution in [0.15, 0.2) is 53.2 Å². The normalized spacial score (nSPS) is 20.9. The van der Waals surface area contributed by atoms with Crippen LogP contribution in [0.25, 0.3) is 0 Å². The van der Waals surface area contributed by atoms with E-state index in [2.05, 4.69) is 20.3 Å². The van der Waals surface area contributed by atoms with Gasteiger partial charge in [-0.1, -0.05) is 6.07 Å². The van der Waals surface area contributed by atoms with Gasteiger partial charge < -0.3 is 5.73 Å². The largest absolute Gasteiger partial charge is 0.351 e. The Kier molecular flexibility index (Phi) is 3.49. The number of urea groups is 1. The van der Waals surface area contributed by atoms with E-state index in [0.717, 1.165) is 10.7 Å². The first-order chi connectivity index (χ1) is 10.2. The highest BCUT2D eigenvalue weighted by Gasteiger charge is 2.38. The number of nitrogens with one attached hydrogen (secondary N) is 1. The Labute approximate surface area is 125 Å². The van der Waals surface area contributed by atoms with Crippen molar-refractivity contribution in [1.82, 2.24) is 15.3 Å². The van der Waals surface area contributed by atoms with Crippen molar-refractivity contribution in [1.29, 1.82) is 0 Å². The minimum Gasteiger partial charge on any atom is -0.351 e. The summed E-state index contributed by atoms with van der Waals surface area (Å²) in [6.07, 6.45) is 7.57. The molecule has 0 saturated heterocycles. The molecule has 1 atom stereocenters. The molecule has 7 heteroatoms. The lowest BCUT2D eigenvalue weighted by molar-refractivity contribution is 0.253. The van der Waals surface area contributed by atoms with Gasteiger partial charge in [-0.3, -0.25) is 10.3 Å². The number of amidine groups is 1. The number of thiazole rings is 1. The number of pyridine rings is 1. The van der Waals surface area contributed by atoms with Gasteiger partial charge in [0.25, 0.3) is 0 Å². The number of allylic oxidation sites excluding steroid dienone is 1. The highest BCUT2D eigenvalue weighted by molar-refractivity contribution is 7.09. The molecule has 2 amide bonds. The predicted octanol–water partition coefficient (Wildman–Crippen LogP) is 1.81. The Balaban J connectivity index is 2.06. The summed E-state index contributed by atoms with van der Waals surface area (Å²) in [5.41, 5.74) is 5.51. The lowest BCUT2D eigenvalue weighted by atomic mass is 9.79. The van der Waals surface area contributed by atoms with Gasteiger partial charge in [0.15, 0.2) is 0 Å². The quantitative estimate of drug-likeness (QED) is 0.885. The highest BCUT2D eigenvalue weighted by atomic mass is 32.1. The summed E-state index contributed by atoms with van der Waals surface area (Å²) in [6.45, 7) is 0. The molecule has 0 aliphatic carbocycles. The van der Waals surface area contributed by atoms with E-state index >= 15 is 0 Å². The number of amides is 2. The fraction of sp³-hybridized carbons (Fsp3) is 0.143. The maximum Gasteiger partial charge on any atom is 0.317 e. The fourth-order valence-electron chi connectivity index (χ4n) is 2.34. The van der Waals surface area contributed by atoms with E-state index in [-0.39, 0.29) is 0 Å². The van der Waals surface area contributed by atoms with Crippen LogP contribution in [0.5, 0.6) is 0 Å². The average Bonchev–Trinajstić information content (AvgIpc) is 3.02. The zero-order chi connectivity index (χ0) is 14.7. The maximum atomic E-state index is 11.1. The molecule has 3 rings (SSSR count). The van der Waals surface area contributed by atoms with Crippen LogP contribution in [0.4, 0.5) is 4.79 Å². The minimum atomic E-state index is -0.627. The first kappa shape index (κ1) is 13.4. The molecule has 1 aliphatic rings. The third-order valence-corrected chi connectivity index (χ3v) is 4.19. The molecule has 106 valence electrons. The van der Waals surface area contributed by atoms with E-state index in [1.54, 1.807) is 29.9 Å². The van der Waals surface area contributed by atoms with Crippen molar-refractivity contribution in [3.63, 3.8) is 0 Å². The first-order valence-electron chi connectivity index (χ1n) is 6.33. The van der Waals surface area contributed by atoms with Crippen molar-refractivity contribution in [3.05, 3.63) is 59.0 Å². The van der Waals surface area contributed by atoms with E-state index in [1.165, 1.54) is 0 Å². The van der Waals surface area contributed by atoms with E-state index in [0.29, 0.717) is 12.3 Å². The first-order valence-corrected chi connectivity index (χ1v) is 7.21. The number of rotatable bonds is 2. The van der Waals surface area contributed by atoms with Crippen LogP contribution in [-0.2, 0) is 5.41 Å². The van der Waals surface area contributed by atoms with Gasteiger partial charge in [0, 0.05) is 30.4 Å². The molecule has 1 aliphatic heterocycles. The number of carbonyl (C=O) groups excluding carboxylic acids is 1. The molecule has 0 spiro atoms. The summed E-state index contributed by atoms with van der Waals surface area (Å²) in [7, 11) is 0. The second kappa shape index (κ2) is 5.45. The molecule has 1 unspecified atom stereocenters. The van der Waals surface area contributed by atoms with Crippen LogP contribution >= 0.6 is 11.3 Å². The van der Waals surface area contributed by atoms with Crippen LogP contribution in [0.1, 0.15) is 17.1 Å². The van der Waals surface area contributed by atoms with Gasteiger partial charge in [-0.2, -0.15) is 0 Å². The average molecular weight is 299 g/mol. The molecule has 2 aromatic rings. The standard InChI is InChI=1S/C14H13N5OS/c15-13(20)19-11-9-14(4-6-17-11,12-18-7-8-21-12)10-3-1-2-5-16-10/h1-8H,9H2,(H3,15,17,19,20). The Morgan fingerprint density at radius 3 is 2.90 bits per heavy atom. The number of primary amides is 1. The van der Waals surface area contributed by atoms with Gasteiger partial charge in [-0.25, -0.2) is 14.8 Å². The molecular weight excluding hydrogens is 286 g/mol. The summed E-state index contributed by atoms with van der Waals surface area (Å²) >= 11 is 1.54. The van der Waals surface area contributed by atoms with Crippen LogP contribution in [-0.4, -0.2) is 21.8 Å². The van der Waals surface area contributed by atoms with Crippen molar-refractivity contribution in [2.24, 2.45) is 10.7 Å². The molecule has 3 N–H and O–H groups in total. The zero-order valence-corrected chi connectivity index (χ0v) is 11.9. The molecule has 0 bridgehead atoms. The van der Waals surface area contributed by atoms with E-state index < -0.39 is 11.4 Å². The van der Waals surface area contributed by atoms with Crippen LogP contribution < -0.4 is 11.1 Å². The van der Waals surface area contributed by atoms with Crippen molar-refractivity contribution in [2.45, 2.75) is 11.8 Å². The number of nitrogens with two attached hydrogens (primary N) is 1. The number of nitrogens with zero attached hydrogens (tertiary/aromatic N) is 3. The molecule has 0 saturated carbocycles. The third-order valence-electron chi connectivity index (χ3n) is 3.24. The lowest BCUT2D eigenvalue weighted by Crippen LogP contribution is -2.41. The topological polar surface area (TPSA) is 93.3 Å². The Morgan fingerprint density at radius 1 is 1.33 bits per heavy atom. The summed E-state index contributed by atoms with van der Waals surface area (Å²) in [6, 6.07) is 5.11. The van der Waals surface area contributed by atoms with Gasteiger partial charge >= 0.3 is 6.03 Å². The fourth-order valence-corrected chi connectivity index (χ4v) is 3.17. The number of aromatic nitrogens is 2. The zero-order valence-electron chi connectivity index (χ0n) is 11.1. The SMILES string of the molecule is NC(=O)NC1=NC=CC(c2ccccn2)(c2nccs2)C1. The van der Waals surface area contributed by atoms with Crippen LogP contribution in [0.2, 0.25) is 0 Å². The van der Waals surface area contributed by atoms with Crippen LogP contribution in [0.3, 0.4) is 0 Å². The number of aliphatic imine (C=N–C) groups is 1. The Hall–Kier alpha value is -2.54. The highest BCUT2D eigenvalue weighted by Crippen LogP contribution is 2.39.